The van der Waals surface area contributed by atoms with Gasteiger partial charge in [0.1, 0.15) is 6.26 Å². The van der Waals surface area contributed by atoms with E-state index in [0.717, 1.165) is 4.88 Å². The SMILES string of the molecule is O=C(O)C1CCN(C(=O)NCc2coc(-c3cccs3)n2)CC1. The van der Waals surface area contributed by atoms with Crippen LogP contribution in [0, 0.1) is 5.92 Å². The number of nitrogens with one attached hydrogen (secondary N) is 1. The minimum atomic E-state index is -0.784. The van der Waals surface area contributed by atoms with Crippen LogP contribution in [0.1, 0.15) is 18.5 Å². The molecule has 0 atom stereocenters. The number of amides is 2. The molecule has 2 N–H and O–H groups in total. The highest BCUT2D eigenvalue weighted by atomic mass is 32.1. The number of carboxylic acid groups (broad SMARTS) is 1. The molecule has 2 aromatic heterocycles. The van der Waals surface area contributed by atoms with Gasteiger partial charge in [-0.25, -0.2) is 9.78 Å². The van der Waals surface area contributed by atoms with Crippen molar-refractivity contribution in [2.45, 2.75) is 19.4 Å². The van der Waals surface area contributed by atoms with Crippen LogP contribution in [0.4, 0.5) is 4.79 Å². The Hall–Kier alpha value is -2.35. The van der Waals surface area contributed by atoms with Crippen LogP contribution < -0.4 is 5.32 Å². The highest BCUT2D eigenvalue weighted by Gasteiger charge is 2.26. The fraction of sp³-hybridized carbons (Fsp3) is 0.400. The highest BCUT2D eigenvalue weighted by Crippen LogP contribution is 2.23. The van der Waals surface area contributed by atoms with Crippen LogP contribution in [0.25, 0.3) is 10.8 Å². The molecule has 1 saturated heterocycles. The Morgan fingerprint density at radius 1 is 1.43 bits per heavy atom. The quantitative estimate of drug-likeness (QED) is 0.894. The Labute approximate surface area is 136 Å². The van der Waals surface area contributed by atoms with Gasteiger partial charge in [0.25, 0.3) is 0 Å². The lowest BCUT2D eigenvalue weighted by atomic mass is 9.97. The van der Waals surface area contributed by atoms with Gasteiger partial charge in [0.05, 0.1) is 23.0 Å². The number of aliphatic carboxylic acids is 1. The van der Waals surface area contributed by atoms with E-state index >= 15 is 0 Å². The Balaban J connectivity index is 1.49. The van der Waals surface area contributed by atoms with E-state index in [9.17, 15) is 9.59 Å². The molecule has 1 aliphatic heterocycles. The predicted octanol–water partition coefficient (Wildman–Crippen LogP) is 2.41. The zero-order chi connectivity index (χ0) is 16.2. The zero-order valence-electron chi connectivity index (χ0n) is 12.4. The first kappa shape index (κ1) is 15.5. The van der Waals surface area contributed by atoms with E-state index < -0.39 is 5.97 Å². The van der Waals surface area contributed by atoms with Crippen molar-refractivity contribution in [2.24, 2.45) is 5.92 Å². The van der Waals surface area contributed by atoms with E-state index in [2.05, 4.69) is 10.3 Å². The van der Waals surface area contributed by atoms with Gasteiger partial charge in [0.15, 0.2) is 0 Å². The number of oxazole rings is 1. The summed E-state index contributed by atoms with van der Waals surface area (Å²) in [5.41, 5.74) is 0.655. The first-order chi connectivity index (χ1) is 11.1. The lowest BCUT2D eigenvalue weighted by Crippen LogP contribution is -2.45. The Kier molecular flexibility index (Phi) is 4.61. The van der Waals surface area contributed by atoms with Gasteiger partial charge in [0.2, 0.25) is 5.89 Å². The number of hydrogen-bond acceptors (Lipinski definition) is 5. The van der Waals surface area contributed by atoms with Gasteiger partial charge in [0, 0.05) is 13.1 Å². The number of likely N-dealkylation sites (tertiary alicyclic amines) is 1. The predicted molar refractivity (Wildman–Crippen MR) is 84.0 cm³/mol. The Morgan fingerprint density at radius 2 is 2.22 bits per heavy atom. The van der Waals surface area contributed by atoms with Crippen LogP contribution >= 0.6 is 11.3 Å². The molecule has 0 unspecified atom stereocenters. The van der Waals surface area contributed by atoms with Crippen molar-refractivity contribution in [3.63, 3.8) is 0 Å². The lowest BCUT2D eigenvalue weighted by molar-refractivity contribution is -0.143. The van der Waals surface area contributed by atoms with Crippen LogP contribution in [0.2, 0.25) is 0 Å². The minimum absolute atomic E-state index is 0.200. The number of aromatic nitrogens is 1. The maximum absolute atomic E-state index is 12.1. The van der Waals surface area contributed by atoms with Gasteiger partial charge in [-0.2, -0.15) is 0 Å². The summed E-state index contributed by atoms with van der Waals surface area (Å²) in [4.78, 5) is 29.9. The number of rotatable bonds is 4. The monoisotopic (exact) mass is 335 g/mol. The number of piperidine rings is 1. The normalized spacial score (nSPS) is 15.6. The number of thiophene rings is 1. The Morgan fingerprint density at radius 3 is 2.87 bits per heavy atom. The van der Waals surface area contributed by atoms with Gasteiger partial charge in [-0.1, -0.05) is 6.07 Å². The second kappa shape index (κ2) is 6.82. The van der Waals surface area contributed by atoms with E-state index in [0.29, 0.717) is 37.5 Å². The van der Waals surface area contributed by atoms with Gasteiger partial charge < -0.3 is 19.7 Å². The highest BCUT2D eigenvalue weighted by molar-refractivity contribution is 7.13. The van der Waals surface area contributed by atoms with E-state index in [1.54, 1.807) is 4.90 Å². The second-order valence-electron chi connectivity index (χ2n) is 5.38. The molecule has 0 aromatic carbocycles. The average Bonchev–Trinajstić information content (AvgIpc) is 3.23. The topological polar surface area (TPSA) is 95.7 Å². The zero-order valence-corrected chi connectivity index (χ0v) is 13.2. The lowest BCUT2D eigenvalue weighted by Gasteiger charge is -2.30. The van der Waals surface area contributed by atoms with E-state index in [4.69, 9.17) is 9.52 Å². The third-order valence-electron chi connectivity index (χ3n) is 3.84. The maximum atomic E-state index is 12.1. The minimum Gasteiger partial charge on any atom is -0.481 e. The molecule has 1 fully saturated rings. The smallest absolute Gasteiger partial charge is 0.317 e. The van der Waals surface area contributed by atoms with Crippen LogP contribution in [-0.2, 0) is 11.3 Å². The van der Waals surface area contributed by atoms with E-state index in [1.807, 2.05) is 17.5 Å². The molecule has 122 valence electrons. The van der Waals surface area contributed by atoms with Gasteiger partial charge >= 0.3 is 12.0 Å². The fourth-order valence-corrected chi connectivity index (χ4v) is 3.16. The van der Waals surface area contributed by atoms with Crippen molar-refractivity contribution >= 4 is 23.3 Å². The molecule has 3 rings (SSSR count). The molecule has 0 saturated carbocycles. The standard InChI is InChI=1S/C15H17N3O4S/c19-14(20)10-3-5-18(6-4-10)15(21)16-8-11-9-22-13(17-11)12-2-1-7-23-12/h1-2,7,9-10H,3-6,8H2,(H,16,21)(H,19,20). The molecule has 0 aliphatic carbocycles. The molecule has 3 heterocycles. The molecule has 1 aliphatic rings. The van der Waals surface area contributed by atoms with Crippen molar-refractivity contribution in [1.29, 1.82) is 0 Å². The first-order valence-corrected chi connectivity index (χ1v) is 8.25. The van der Waals surface area contributed by atoms with Crippen molar-refractivity contribution in [3.8, 4) is 10.8 Å². The van der Waals surface area contributed by atoms with Crippen LogP contribution in [-0.4, -0.2) is 40.1 Å². The van der Waals surface area contributed by atoms with Crippen LogP contribution in [0.3, 0.4) is 0 Å². The van der Waals surface area contributed by atoms with Crippen molar-refractivity contribution in [3.05, 3.63) is 29.5 Å². The van der Waals surface area contributed by atoms with E-state index in [-0.39, 0.29) is 18.5 Å². The average molecular weight is 335 g/mol. The molecule has 2 amide bonds. The molecule has 8 heteroatoms. The fourth-order valence-electron chi connectivity index (χ4n) is 2.51. The molecule has 7 nitrogen and oxygen atoms in total. The maximum Gasteiger partial charge on any atom is 0.317 e. The summed E-state index contributed by atoms with van der Waals surface area (Å²) in [6, 6.07) is 3.65. The van der Waals surface area contributed by atoms with Gasteiger partial charge in [-0.3, -0.25) is 4.79 Å². The molecule has 0 bridgehead atoms. The first-order valence-electron chi connectivity index (χ1n) is 7.37. The van der Waals surface area contributed by atoms with Gasteiger partial charge in [-0.15, -0.1) is 11.3 Å². The summed E-state index contributed by atoms with van der Waals surface area (Å²) in [5, 5.41) is 13.7. The summed E-state index contributed by atoms with van der Waals surface area (Å²) in [7, 11) is 0. The van der Waals surface area contributed by atoms with Gasteiger partial charge in [-0.05, 0) is 24.3 Å². The molecule has 0 radical (unpaired) electrons. The number of carbonyl (C=O) groups excluding carboxylic acids is 1. The van der Waals surface area contributed by atoms with Crippen LogP contribution in [0.15, 0.2) is 28.2 Å². The summed E-state index contributed by atoms with van der Waals surface area (Å²) in [6.45, 7) is 1.21. The summed E-state index contributed by atoms with van der Waals surface area (Å²) < 4.78 is 5.40. The number of carboxylic acids is 1. The van der Waals surface area contributed by atoms with Crippen molar-refractivity contribution in [2.75, 3.05) is 13.1 Å². The summed E-state index contributed by atoms with van der Waals surface area (Å²) >= 11 is 1.54. The van der Waals surface area contributed by atoms with Crippen molar-refractivity contribution < 1.29 is 19.1 Å². The second-order valence-corrected chi connectivity index (χ2v) is 6.33. The largest absolute Gasteiger partial charge is 0.481 e. The van der Waals surface area contributed by atoms with Crippen molar-refractivity contribution in [1.82, 2.24) is 15.2 Å². The number of carbonyl (C=O) groups is 2. The summed E-state index contributed by atoms with van der Waals surface area (Å²) in [5.74, 6) is -0.580. The molecule has 23 heavy (non-hydrogen) atoms. The molecular weight excluding hydrogens is 318 g/mol. The number of urea groups is 1. The third kappa shape index (κ3) is 3.70. The number of hydrogen-bond donors (Lipinski definition) is 2. The Bertz CT molecular complexity index is 675. The molecule has 2 aromatic rings. The number of nitrogens with zero attached hydrogens (tertiary/aromatic N) is 2. The molecule has 0 spiro atoms. The molecular formula is C15H17N3O4S. The third-order valence-corrected chi connectivity index (χ3v) is 4.69. The summed E-state index contributed by atoms with van der Waals surface area (Å²) in [6.07, 6.45) is 2.52. The van der Waals surface area contributed by atoms with Crippen LogP contribution in [0.5, 0.6) is 0 Å². The van der Waals surface area contributed by atoms with E-state index in [1.165, 1.54) is 17.6 Å².